The maximum Gasteiger partial charge on any atom is 0.306 e. The summed E-state index contributed by atoms with van der Waals surface area (Å²) in [4.78, 5) is 37.3. The maximum absolute atomic E-state index is 12.9. The Labute approximate surface area is 432 Å². The molecule has 0 aromatic carbocycles. The van der Waals surface area contributed by atoms with E-state index in [1.54, 1.807) is 0 Å². The van der Waals surface area contributed by atoms with Gasteiger partial charge >= 0.3 is 11.9 Å². The van der Waals surface area contributed by atoms with Crippen LogP contribution in [0.25, 0.3) is 0 Å². The van der Waals surface area contributed by atoms with Gasteiger partial charge in [-0.2, -0.15) is 0 Å². The van der Waals surface area contributed by atoms with Gasteiger partial charge in [0.15, 0.2) is 12.4 Å². The molecule has 0 aliphatic heterocycles. The molecular formula is C61H113NO8. The SMILES string of the molecule is CCCCCCC/C=C\C/C=C\C/C=C\CCCCCCCCCCCCC(=O)OC(COC(=O)CCCCCCCCCCCCCCCCCCCCCC)COC(OCC[N+](C)(C)C)C(=O)[O-]. The Morgan fingerprint density at radius 3 is 1.14 bits per heavy atom. The van der Waals surface area contributed by atoms with Gasteiger partial charge in [-0.05, 0) is 51.4 Å². The van der Waals surface area contributed by atoms with Crippen molar-refractivity contribution in [3.63, 3.8) is 0 Å². The van der Waals surface area contributed by atoms with Gasteiger partial charge in [-0.25, -0.2) is 0 Å². The van der Waals surface area contributed by atoms with Crippen LogP contribution in [0.15, 0.2) is 36.5 Å². The molecule has 2 atom stereocenters. The summed E-state index contributed by atoms with van der Waals surface area (Å²) in [7, 11) is 5.93. The van der Waals surface area contributed by atoms with Crippen LogP contribution in [0.4, 0.5) is 0 Å². The first-order valence-corrected chi connectivity index (χ1v) is 29.6. The number of likely N-dealkylation sites (N-methyl/N-ethyl adjacent to an activating group) is 1. The molecule has 0 N–H and O–H groups in total. The van der Waals surface area contributed by atoms with Gasteiger partial charge in [-0.3, -0.25) is 9.59 Å². The number of allylic oxidation sites excluding steroid dienone is 6. The van der Waals surface area contributed by atoms with E-state index < -0.39 is 24.3 Å². The summed E-state index contributed by atoms with van der Waals surface area (Å²) in [5, 5.41) is 11.8. The molecule has 0 saturated carbocycles. The predicted octanol–water partition coefficient (Wildman–Crippen LogP) is 16.0. The molecule has 0 rings (SSSR count). The molecule has 0 spiro atoms. The smallest absolute Gasteiger partial charge is 0.306 e. The van der Waals surface area contributed by atoms with E-state index in [1.807, 2.05) is 21.1 Å². The second-order valence-corrected chi connectivity index (χ2v) is 21.3. The second-order valence-electron chi connectivity index (χ2n) is 21.3. The summed E-state index contributed by atoms with van der Waals surface area (Å²) < 4.78 is 22.7. The highest BCUT2D eigenvalue weighted by Crippen LogP contribution is 2.17. The van der Waals surface area contributed by atoms with E-state index in [1.165, 1.54) is 193 Å². The average molecular weight is 989 g/mol. The van der Waals surface area contributed by atoms with Crippen molar-refractivity contribution in [1.82, 2.24) is 0 Å². The van der Waals surface area contributed by atoms with Crippen LogP contribution < -0.4 is 5.11 Å². The van der Waals surface area contributed by atoms with Crippen LogP contribution in [-0.2, 0) is 33.3 Å². The predicted molar refractivity (Wildman–Crippen MR) is 293 cm³/mol. The Morgan fingerprint density at radius 1 is 0.429 bits per heavy atom. The van der Waals surface area contributed by atoms with Gasteiger partial charge < -0.3 is 33.3 Å². The van der Waals surface area contributed by atoms with Crippen molar-refractivity contribution in [3.05, 3.63) is 36.5 Å². The normalized spacial score (nSPS) is 13.0. The zero-order valence-electron chi connectivity index (χ0n) is 46.7. The van der Waals surface area contributed by atoms with E-state index in [0.717, 1.165) is 51.4 Å². The van der Waals surface area contributed by atoms with E-state index >= 15 is 0 Å². The van der Waals surface area contributed by atoms with Crippen molar-refractivity contribution in [2.24, 2.45) is 0 Å². The zero-order valence-corrected chi connectivity index (χ0v) is 46.7. The van der Waals surface area contributed by atoms with E-state index in [0.29, 0.717) is 23.9 Å². The molecule has 0 bridgehead atoms. The molecule has 9 heteroatoms. The fourth-order valence-corrected chi connectivity index (χ4v) is 8.55. The Hall–Kier alpha value is -2.49. The van der Waals surface area contributed by atoms with E-state index in [2.05, 4.69) is 50.3 Å². The number of nitrogens with zero attached hydrogens (tertiary/aromatic N) is 1. The fourth-order valence-electron chi connectivity index (χ4n) is 8.55. The van der Waals surface area contributed by atoms with Gasteiger partial charge in [-0.1, -0.05) is 249 Å². The minimum Gasteiger partial charge on any atom is -0.545 e. The van der Waals surface area contributed by atoms with Crippen molar-refractivity contribution in [3.8, 4) is 0 Å². The minimum absolute atomic E-state index is 0.148. The maximum atomic E-state index is 12.9. The van der Waals surface area contributed by atoms with Crippen molar-refractivity contribution in [1.29, 1.82) is 0 Å². The highest BCUT2D eigenvalue weighted by atomic mass is 16.7. The lowest BCUT2D eigenvalue weighted by molar-refractivity contribution is -0.870. The number of hydrogen-bond donors (Lipinski definition) is 0. The number of carboxylic acid groups (broad SMARTS) is 1. The van der Waals surface area contributed by atoms with Crippen LogP contribution in [0.5, 0.6) is 0 Å². The first-order chi connectivity index (χ1) is 34.1. The van der Waals surface area contributed by atoms with E-state index in [9.17, 15) is 19.5 Å². The molecule has 0 fully saturated rings. The van der Waals surface area contributed by atoms with Crippen LogP contribution >= 0.6 is 0 Å². The Bertz CT molecular complexity index is 1240. The third kappa shape index (κ3) is 53.3. The van der Waals surface area contributed by atoms with Gasteiger partial charge in [0.25, 0.3) is 0 Å². The number of quaternary nitrogens is 1. The monoisotopic (exact) mass is 988 g/mol. The number of esters is 2. The fraction of sp³-hybridized carbons (Fsp3) is 0.852. The van der Waals surface area contributed by atoms with E-state index in [4.69, 9.17) is 18.9 Å². The van der Waals surface area contributed by atoms with Crippen LogP contribution in [0.3, 0.4) is 0 Å². The number of carboxylic acids is 1. The molecular weight excluding hydrogens is 875 g/mol. The number of carbonyl (C=O) groups excluding carboxylic acids is 3. The highest BCUT2D eigenvalue weighted by molar-refractivity contribution is 5.70. The Morgan fingerprint density at radius 2 is 0.771 bits per heavy atom. The number of aliphatic carboxylic acids is 1. The summed E-state index contributed by atoms with van der Waals surface area (Å²) in [6.45, 7) is 4.77. The number of carbonyl (C=O) groups is 3. The topological polar surface area (TPSA) is 111 Å². The summed E-state index contributed by atoms with van der Waals surface area (Å²) in [6, 6.07) is 0. The molecule has 0 aromatic heterocycles. The van der Waals surface area contributed by atoms with Gasteiger partial charge in [0, 0.05) is 12.8 Å². The molecule has 0 radical (unpaired) electrons. The highest BCUT2D eigenvalue weighted by Gasteiger charge is 2.22. The zero-order chi connectivity index (χ0) is 51.3. The van der Waals surface area contributed by atoms with Crippen LogP contribution in [-0.4, -0.2) is 82.3 Å². The molecule has 0 saturated heterocycles. The molecule has 410 valence electrons. The first-order valence-electron chi connectivity index (χ1n) is 29.6. The summed E-state index contributed by atoms with van der Waals surface area (Å²) in [5.41, 5.74) is 0. The first kappa shape index (κ1) is 67.5. The Balaban J connectivity index is 4.23. The van der Waals surface area contributed by atoms with Gasteiger partial charge in [0.2, 0.25) is 0 Å². The molecule has 0 heterocycles. The third-order valence-electron chi connectivity index (χ3n) is 13.1. The molecule has 0 aromatic rings. The second kappa shape index (κ2) is 52.8. The van der Waals surface area contributed by atoms with Gasteiger partial charge in [-0.15, -0.1) is 0 Å². The van der Waals surface area contributed by atoms with Crippen molar-refractivity contribution in [2.45, 2.75) is 289 Å². The van der Waals surface area contributed by atoms with Crippen LogP contribution in [0.2, 0.25) is 0 Å². The quantitative estimate of drug-likeness (QED) is 0.0195. The molecule has 2 unspecified atom stereocenters. The molecule has 9 nitrogen and oxygen atoms in total. The number of ether oxygens (including phenoxy) is 4. The summed E-state index contributed by atoms with van der Waals surface area (Å²) >= 11 is 0. The molecule has 0 amide bonds. The van der Waals surface area contributed by atoms with E-state index in [-0.39, 0.29) is 32.2 Å². The third-order valence-corrected chi connectivity index (χ3v) is 13.1. The van der Waals surface area contributed by atoms with Crippen LogP contribution in [0.1, 0.15) is 277 Å². The lowest BCUT2D eigenvalue weighted by Gasteiger charge is -2.26. The number of hydrogen-bond acceptors (Lipinski definition) is 8. The number of rotatable bonds is 55. The molecule has 0 aliphatic carbocycles. The summed E-state index contributed by atoms with van der Waals surface area (Å²) in [5.74, 6) is -2.27. The standard InChI is InChI=1S/C61H113NO8/c1-6-8-10-12-14-16-18-20-22-24-26-28-29-30-31-32-34-36-38-40-42-44-46-48-50-52-59(64)70-57(56-69-61(60(65)66)67-54-53-62(3,4)5)55-68-58(63)51-49-47-45-43-41-39-37-35-33-27-25-23-21-19-17-15-13-11-9-7-2/h18,20,24,26,29-30,57,61H,6-17,19,21-23,25,27-28,31-56H2,1-5H3/b20-18-,26-24-,30-29-. The van der Waals surface area contributed by atoms with Crippen molar-refractivity contribution < 1.29 is 42.9 Å². The van der Waals surface area contributed by atoms with Crippen molar-refractivity contribution >= 4 is 17.9 Å². The van der Waals surface area contributed by atoms with Crippen LogP contribution in [0, 0.1) is 0 Å². The average Bonchev–Trinajstić information content (AvgIpc) is 3.33. The minimum atomic E-state index is -1.62. The largest absolute Gasteiger partial charge is 0.545 e. The van der Waals surface area contributed by atoms with Crippen molar-refractivity contribution in [2.75, 3.05) is 47.5 Å². The Kier molecular flexibility index (Phi) is 50.9. The lowest BCUT2D eigenvalue weighted by atomic mass is 10.0. The van der Waals surface area contributed by atoms with Gasteiger partial charge in [0.05, 0.1) is 40.3 Å². The number of unbranched alkanes of at least 4 members (excludes halogenated alkanes) is 34. The lowest BCUT2D eigenvalue weighted by Crippen LogP contribution is -2.44. The van der Waals surface area contributed by atoms with Gasteiger partial charge in [0.1, 0.15) is 13.2 Å². The summed E-state index contributed by atoms with van der Waals surface area (Å²) in [6.07, 6.45) is 60.4. The molecule has 0 aliphatic rings. The molecule has 70 heavy (non-hydrogen) atoms.